The number of imidazole rings is 1. The number of carbonyl (C=O) groups excluding carboxylic acids is 1. The number of hydrogen-bond acceptors (Lipinski definition) is 2. The van der Waals surface area contributed by atoms with Crippen molar-refractivity contribution in [1.29, 1.82) is 0 Å². The van der Waals surface area contributed by atoms with Gasteiger partial charge in [0.15, 0.2) is 0 Å². The number of fused-ring (bicyclic) bond motifs is 1. The molecule has 0 aliphatic rings. The Morgan fingerprint density at radius 3 is 2.31 bits per heavy atom. The molecule has 1 aromatic carbocycles. The molecule has 4 nitrogen and oxygen atoms in total. The van der Waals surface area contributed by atoms with Crippen molar-refractivity contribution in [1.82, 2.24) is 9.38 Å². The third-order valence-corrected chi connectivity index (χ3v) is 4.23. The number of pyridine rings is 1. The summed E-state index contributed by atoms with van der Waals surface area (Å²) in [4.78, 5) is 17.4. The molecule has 3 rings (SSSR count). The van der Waals surface area contributed by atoms with E-state index in [1.54, 1.807) is 0 Å². The van der Waals surface area contributed by atoms with Crippen molar-refractivity contribution in [3.63, 3.8) is 0 Å². The molecule has 0 spiro atoms. The minimum absolute atomic E-state index is 0.00509. The van der Waals surface area contributed by atoms with Gasteiger partial charge in [-0.25, -0.2) is 4.98 Å². The van der Waals surface area contributed by atoms with E-state index in [0.717, 1.165) is 28.3 Å². The fourth-order valence-corrected chi connectivity index (χ4v) is 3.24. The molecular formula is C22H27N3O. The highest BCUT2D eigenvalue weighted by molar-refractivity contribution is 5.95. The molecule has 0 atom stereocenters. The summed E-state index contributed by atoms with van der Waals surface area (Å²) in [6.45, 7) is 12.4. The van der Waals surface area contributed by atoms with Crippen LogP contribution >= 0.6 is 0 Å². The van der Waals surface area contributed by atoms with Gasteiger partial charge in [-0.3, -0.25) is 9.20 Å². The first-order chi connectivity index (χ1) is 12.1. The number of carbonyl (C=O) groups is 1. The Bertz CT molecular complexity index is 957. The number of rotatable bonds is 3. The van der Waals surface area contributed by atoms with Crippen LogP contribution in [0, 0.1) is 26.2 Å². The number of hydrogen-bond donors (Lipinski definition) is 1. The average molecular weight is 349 g/mol. The van der Waals surface area contributed by atoms with Gasteiger partial charge < -0.3 is 5.32 Å². The second-order valence-electron chi connectivity index (χ2n) is 8.40. The Kier molecular flexibility index (Phi) is 4.61. The smallest absolute Gasteiger partial charge is 0.226 e. The third kappa shape index (κ3) is 3.96. The number of nitrogens with one attached hydrogen (secondary N) is 1. The van der Waals surface area contributed by atoms with Crippen molar-refractivity contribution in [3.8, 4) is 11.3 Å². The van der Waals surface area contributed by atoms with Gasteiger partial charge in [-0.15, -0.1) is 0 Å². The van der Waals surface area contributed by atoms with Crippen molar-refractivity contribution in [2.45, 2.75) is 48.0 Å². The Labute approximate surface area is 155 Å². The van der Waals surface area contributed by atoms with Gasteiger partial charge in [-0.05, 0) is 56.0 Å². The standard InChI is InChI=1S/C22H27N3O/c1-14-7-8-25-18(12-14)23-20(17-10-15(2)9-16(3)11-17)21(25)24-19(26)13-22(4,5)6/h7-12H,13H2,1-6H3,(H,24,26). The Morgan fingerprint density at radius 1 is 1.04 bits per heavy atom. The molecule has 0 saturated carbocycles. The molecule has 0 fully saturated rings. The molecule has 0 aliphatic carbocycles. The van der Waals surface area contributed by atoms with E-state index in [-0.39, 0.29) is 11.3 Å². The minimum atomic E-state index is -0.0682. The van der Waals surface area contributed by atoms with E-state index in [1.165, 1.54) is 11.1 Å². The Balaban J connectivity index is 2.14. The van der Waals surface area contributed by atoms with Crippen LogP contribution in [0.3, 0.4) is 0 Å². The van der Waals surface area contributed by atoms with Gasteiger partial charge in [0.2, 0.25) is 5.91 Å². The highest BCUT2D eigenvalue weighted by Gasteiger charge is 2.20. The van der Waals surface area contributed by atoms with Crippen LogP contribution in [0.1, 0.15) is 43.9 Å². The van der Waals surface area contributed by atoms with Gasteiger partial charge in [0.25, 0.3) is 0 Å². The van der Waals surface area contributed by atoms with Crippen molar-refractivity contribution < 1.29 is 4.79 Å². The summed E-state index contributed by atoms with van der Waals surface area (Å²) in [6.07, 6.45) is 2.43. The fourth-order valence-electron chi connectivity index (χ4n) is 3.24. The topological polar surface area (TPSA) is 46.4 Å². The molecule has 3 aromatic rings. The highest BCUT2D eigenvalue weighted by Crippen LogP contribution is 2.31. The maximum absolute atomic E-state index is 12.6. The lowest BCUT2D eigenvalue weighted by Gasteiger charge is -2.17. The van der Waals surface area contributed by atoms with E-state index < -0.39 is 0 Å². The molecule has 1 amide bonds. The molecule has 2 heterocycles. The number of nitrogens with zero attached hydrogens (tertiary/aromatic N) is 2. The van der Waals surface area contributed by atoms with Gasteiger partial charge in [0.05, 0.1) is 0 Å². The molecule has 2 aromatic heterocycles. The van der Waals surface area contributed by atoms with Gasteiger partial charge in [0, 0.05) is 18.2 Å². The van der Waals surface area contributed by atoms with Crippen molar-refractivity contribution in [3.05, 3.63) is 53.2 Å². The van der Waals surface area contributed by atoms with Crippen LogP contribution in [0.15, 0.2) is 36.5 Å². The molecule has 0 saturated heterocycles. The fraction of sp³-hybridized carbons (Fsp3) is 0.364. The summed E-state index contributed by atoms with van der Waals surface area (Å²) < 4.78 is 1.96. The molecule has 136 valence electrons. The maximum atomic E-state index is 12.6. The van der Waals surface area contributed by atoms with E-state index in [4.69, 9.17) is 4.98 Å². The molecule has 0 aliphatic heterocycles. The van der Waals surface area contributed by atoms with Gasteiger partial charge in [-0.2, -0.15) is 0 Å². The molecule has 1 N–H and O–H groups in total. The van der Waals surface area contributed by atoms with E-state index >= 15 is 0 Å². The van der Waals surface area contributed by atoms with Crippen molar-refractivity contribution >= 4 is 17.4 Å². The van der Waals surface area contributed by atoms with E-state index in [0.29, 0.717) is 6.42 Å². The van der Waals surface area contributed by atoms with Crippen LogP contribution in [-0.4, -0.2) is 15.3 Å². The van der Waals surface area contributed by atoms with Crippen LogP contribution in [-0.2, 0) is 4.79 Å². The predicted molar refractivity (Wildman–Crippen MR) is 108 cm³/mol. The lowest BCUT2D eigenvalue weighted by molar-refractivity contribution is -0.117. The van der Waals surface area contributed by atoms with E-state index in [9.17, 15) is 4.79 Å². The zero-order chi connectivity index (χ0) is 19.1. The summed E-state index contributed by atoms with van der Waals surface area (Å²) in [6, 6.07) is 10.4. The van der Waals surface area contributed by atoms with Gasteiger partial charge in [0.1, 0.15) is 17.2 Å². The Hall–Kier alpha value is -2.62. The zero-order valence-electron chi connectivity index (χ0n) is 16.5. The first-order valence-corrected chi connectivity index (χ1v) is 9.00. The largest absolute Gasteiger partial charge is 0.310 e. The van der Waals surface area contributed by atoms with Crippen LogP contribution in [0.25, 0.3) is 16.9 Å². The number of aryl methyl sites for hydroxylation is 3. The zero-order valence-corrected chi connectivity index (χ0v) is 16.5. The number of benzene rings is 1. The first kappa shape index (κ1) is 18.2. The minimum Gasteiger partial charge on any atom is -0.310 e. The molecular weight excluding hydrogens is 322 g/mol. The molecule has 26 heavy (non-hydrogen) atoms. The summed E-state index contributed by atoms with van der Waals surface area (Å²) in [7, 11) is 0. The first-order valence-electron chi connectivity index (χ1n) is 9.00. The normalized spacial score (nSPS) is 11.8. The highest BCUT2D eigenvalue weighted by atomic mass is 16.1. The maximum Gasteiger partial charge on any atom is 0.226 e. The van der Waals surface area contributed by atoms with Crippen LogP contribution < -0.4 is 5.32 Å². The summed E-state index contributed by atoms with van der Waals surface area (Å²) in [5.41, 5.74) is 6.11. The molecule has 4 heteroatoms. The van der Waals surface area contributed by atoms with E-state index in [1.807, 2.05) is 29.7 Å². The van der Waals surface area contributed by atoms with E-state index in [2.05, 4.69) is 58.1 Å². The summed E-state index contributed by atoms with van der Waals surface area (Å²) in [5.74, 6) is 0.741. The summed E-state index contributed by atoms with van der Waals surface area (Å²) >= 11 is 0. The van der Waals surface area contributed by atoms with Crippen LogP contribution in [0.2, 0.25) is 0 Å². The van der Waals surface area contributed by atoms with Gasteiger partial charge in [-0.1, -0.05) is 38.0 Å². The number of anilines is 1. The van der Waals surface area contributed by atoms with Crippen LogP contribution in [0.5, 0.6) is 0 Å². The second-order valence-corrected chi connectivity index (χ2v) is 8.40. The van der Waals surface area contributed by atoms with Crippen molar-refractivity contribution in [2.75, 3.05) is 5.32 Å². The Morgan fingerprint density at radius 2 is 1.69 bits per heavy atom. The average Bonchev–Trinajstić information content (AvgIpc) is 2.82. The van der Waals surface area contributed by atoms with Gasteiger partial charge >= 0.3 is 0 Å². The van der Waals surface area contributed by atoms with Crippen molar-refractivity contribution in [2.24, 2.45) is 5.41 Å². The molecule has 0 radical (unpaired) electrons. The summed E-state index contributed by atoms with van der Waals surface area (Å²) in [5, 5.41) is 3.11. The SMILES string of the molecule is Cc1cc(C)cc(-c2nc3cc(C)ccn3c2NC(=O)CC(C)(C)C)c1. The quantitative estimate of drug-likeness (QED) is 0.697. The lowest BCUT2D eigenvalue weighted by atomic mass is 9.92. The number of aromatic nitrogens is 2. The molecule has 0 unspecified atom stereocenters. The van der Waals surface area contributed by atoms with Crippen LogP contribution in [0.4, 0.5) is 5.82 Å². The monoisotopic (exact) mass is 349 g/mol. The molecule has 0 bridgehead atoms. The second kappa shape index (κ2) is 6.60. The third-order valence-electron chi connectivity index (χ3n) is 4.23. The number of amides is 1. The predicted octanol–water partition coefficient (Wildman–Crippen LogP) is 5.30. The lowest BCUT2D eigenvalue weighted by Crippen LogP contribution is -2.20.